The zero-order chi connectivity index (χ0) is 19.4. The maximum absolute atomic E-state index is 12.2. The number of nitrogens with one attached hydrogen (secondary N) is 1. The molecule has 0 radical (unpaired) electrons. The lowest BCUT2D eigenvalue weighted by atomic mass is 10.1. The lowest BCUT2D eigenvalue weighted by Gasteiger charge is -2.07. The number of anilines is 1. The molecule has 6 nitrogen and oxygen atoms in total. The first-order valence-electron chi connectivity index (χ1n) is 8.26. The molecule has 1 heterocycles. The summed E-state index contributed by atoms with van der Waals surface area (Å²) in [4.78, 5) is 23.7. The summed E-state index contributed by atoms with van der Waals surface area (Å²) in [6, 6.07) is 12.0. The summed E-state index contributed by atoms with van der Waals surface area (Å²) in [6.45, 7) is 1.84. The van der Waals surface area contributed by atoms with Crippen LogP contribution in [0.1, 0.15) is 11.1 Å². The van der Waals surface area contributed by atoms with E-state index in [9.17, 15) is 9.59 Å². The fourth-order valence-electron chi connectivity index (χ4n) is 2.71. The number of hydrogen-bond acceptors (Lipinski definition) is 5. The van der Waals surface area contributed by atoms with Gasteiger partial charge in [0.05, 0.1) is 14.2 Å². The van der Waals surface area contributed by atoms with Gasteiger partial charge >= 0.3 is 5.63 Å². The van der Waals surface area contributed by atoms with Gasteiger partial charge in [0.15, 0.2) is 11.5 Å². The largest absolute Gasteiger partial charge is 0.493 e. The molecule has 1 aromatic heterocycles. The van der Waals surface area contributed by atoms with Crippen molar-refractivity contribution in [3.63, 3.8) is 0 Å². The number of amides is 1. The number of benzene rings is 2. The van der Waals surface area contributed by atoms with Crippen molar-refractivity contribution in [2.75, 3.05) is 19.5 Å². The smallest absolute Gasteiger partial charge is 0.336 e. The zero-order valence-corrected chi connectivity index (χ0v) is 15.2. The van der Waals surface area contributed by atoms with Crippen LogP contribution in [0.25, 0.3) is 17.0 Å². The van der Waals surface area contributed by atoms with Crippen LogP contribution in [-0.2, 0) is 4.79 Å². The van der Waals surface area contributed by atoms with Crippen LogP contribution in [0.2, 0.25) is 0 Å². The van der Waals surface area contributed by atoms with Gasteiger partial charge in [0.25, 0.3) is 0 Å². The average Bonchev–Trinajstić information content (AvgIpc) is 2.65. The second-order valence-electron chi connectivity index (χ2n) is 5.90. The highest BCUT2D eigenvalue weighted by Gasteiger charge is 2.06. The highest BCUT2D eigenvalue weighted by atomic mass is 16.5. The Bertz CT molecular complexity index is 1080. The van der Waals surface area contributed by atoms with Crippen LogP contribution in [-0.4, -0.2) is 20.1 Å². The van der Waals surface area contributed by atoms with E-state index in [2.05, 4.69) is 5.32 Å². The van der Waals surface area contributed by atoms with Crippen molar-refractivity contribution < 1.29 is 18.7 Å². The molecular weight excluding hydrogens is 346 g/mol. The molecule has 0 unspecified atom stereocenters. The Hall–Kier alpha value is -3.54. The topological polar surface area (TPSA) is 77.8 Å². The molecule has 0 saturated carbocycles. The molecule has 1 N–H and O–H groups in total. The van der Waals surface area contributed by atoms with Crippen LogP contribution in [0.15, 0.2) is 57.8 Å². The Balaban J connectivity index is 1.76. The Morgan fingerprint density at radius 3 is 2.56 bits per heavy atom. The lowest BCUT2D eigenvalue weighted by Crippen LogP contribution is -2.08. The molecule has 6 heteroatoms. The summed E-state index contributed by atoms with van der Waals surface area (Å²) >= 11 is 0. The summed E-state index contributed by atoms with van der Waals surface area (Å²) in [5, 5.41) is 3.58. The Kier molecular flexibility index (Phi) is 5.26. The minimum atomic E-state index is -0.420. The molecule has 0 aliphatic rings. The van der Waals surface area contributed by atoms with Crippen LogP contribution in [0, 0.1) is 6.92 Å². The van der Waals surface area contributed by atoms with Gasteiger partial charge in [-0.3, -0.25) is 4.79 Å². The second kappa shape index (κ2) is 7.78. The van der Waals surface area contributed by atoms with Crippen LogP contribution in [0.3, 0.4) is 0 Å². The number of hydrogen-bond donors (Lipinski definition) is 1. The van der Waals surface area contributed by atoms with E-state index in [-0.39, 0.29) is 5.91 Å². The van der Waals surface area contributed by atoms with Gasteiger partial charge in [0, 0.05) is 29.3 Å². The third-order valence-corrected chi connectivity index (χ3v) is 4.05. The first-order valence-corrected chi connectivity index (χ1v) is 8.26. The van der Waals surface area contributed by atoms with E-state index in [0.717, 1.165) is 16.5 Å². The number of methoxy groups -OCH3 is 2. The molecule has 3 rings (SSSR count). The number of rotatable bonds is 5. The summed E-state index contributed by atoms with van der Waals surface area (Å²) in [7, 11) is 3.12. The lowest BCUT2D eigenvalue weighted by molar-refractivity contribution is -0.111. The van der Waals surface area contributed by atoms with Crippen molar-refractivity contribution >= 4 is 28.6 Å². The molecule has 0 atom stereocenters. The summed E-state index contributed by atoms with van der Waals surface area (Å²) < 4.78 is 15.6. The first kappa shape index (κ1) is 18.3. The Morgan fingerprint density at radius 2 is 1.81 bits per heavy atom. The molecule has 138 valence electrons. The first-order chi connectivity index (χ1) is 13.0. The molecule has 1 amide bonds. The number of fused-ring (bicyclic) bond motifs is 1. The van der Waals surface area contributed by atoms with Crippen LogP contribution < -0.4 is 20.4 Å². The molecule has 27 heavy (non-hydrogen) atoms. The minimum absolute atomic E-state index is 0.306. The normalized spacial score (nSPS) is 10.9. The fraction of sp³-hybridized carbons (Fsp3) is 0.143. The van der Waals surface area contributed by atoms with E-state index in [1.165, 1.54) is 12.1 Å². The SMILES string of the molecule is COc1ccc(/C=C/C(=O)Nc2ccc3c(C)cc(=O)oc3c2)cc1OC. The van der Waals surface area contributed by atoms with Gasteiger partial charge in [-0.25, -0.2) is 4.79 Å². The number of aryl methyl sites for hydroxylation is 1. The highest BCUT2D eigenvalue weighted by molar-refractivity contribution is 6.02. The van der Waals surface area contributed by atoms with E-state index in [1.54, 1.807) is 50.6 Å². The minimum Gasteiger partial charge on any atom is -0.493 e. The summed E-state index contributed by atoms with van der Waals surface area (Å²) in [5.41, 5.74) is 2.17. The van der Waals surface area contributed by atoms with Gasteiger partial charge in [0.2, 0.25) is 5.91 Å². The molecule has 0 spiro atoms. The maximum Gasteiger partial charge on any atom is 0.336 e. The molecule has 0 aliphatic heterocycles. The molecule has 0 fully saturated rings. The van der Waals surface area contributed by atoms with Crippen LogP contribution in [0.4, 0.5) is 5.69 Å². The third kappa shape index (κ3) is 4.17. The van der Waals surface area contributed by atoms with Crippen LogP contribution >= 0.6 is 0 Å². The second-order valence-corrected chi connectivity index (χ2v) is 5.90. The molecule has 0 saturated heterocycles. The molecule has 3 aromatic rings. The molecule has 0 aliphatic carbocycles. The van der Waals surface area contributed by atoms with Crippen molar-refractivity contribution in [2.24, 2.45) is 0 Å². The van der Waals surface area contributed by atoms with Crippen molar-refractivity contribution in [3.05, 3.63) is 70.1 Å². The average molecular weight is 365 g/mol. The van der Waals surface area contributed by atoms with E-state index in [4.69, 9.17) is 13.9 Å². The molecular formula is C21H19NO5. The van der Waals surface area contributed by atoms with Gasteiger partial charge in [-0.05, 0) is 48.4 Å². The maximum atomic E-state index is 12.2. The van der Waals surface area contributed by atoms with Crippen molar-refractivity contribution in [3.8, 4) is 11.5 Å². The predicted octanol–water partition coefficient (Wildman–Crippen LogP) is 3.77. The standard InChI is InChI=1S/C21H19NO5/c1-13-10-21(24)27-18-12-15(6-7-16(13)18)22-20(23)9-5-14-4-8-17(25-2)19(11-14)26-3/h4-12H,1-3H3,(H,22,23)/b9-5+. The Labute approximate surface area is 156 Å². The molecule has 0 bridgehead atoms. The van der Waals surface area contributed by atoms with Gasteiger partial charge in [-0.15, -0.1) is 0 Å². The summed E-state index contributed by atoms with van der Waals surface area (Å²) in [5.74, 6) is 0.895. The zero-order valence-electron chi connectivity index (χ0n) is 15.2. The van der Waals surface area contributed by atoms with Gasteiger partial charge in [-0.1, -0.05) is 6.07 Å². The Morgan fingerprint density at radius 1 is 1.04 bits per heavy atom. The van der Waals surface area contributed by atoms with E-state index >= 15 is 0 Å². The van der Waals surface area contributed by atoms with Crippen molar-refractivity contribution in [1.29, 1.82) is 0 Å². The number of carbonyl (C=O) groups is 1. The number of carbonyl (C=O) groups excluding carboxylic acids is 1. The van der Waals surface area contributed by atoms with Gasteiger partial charge < -0.3 is 19.2 Å². The number of ether oxygens (including phenoxy) is 2. The van der Waals surface area contributed by atoms with Crippen molar-refractivity contribution in [2.45, 2.75) is 6.92 Å². The summed E-state index contributed by atoms with van der Waals surface area (Å²) in [6.07, 6.45) is 3.08. The van der Waals surface area contributed by atoms with Crippen molar-refractivity contribution in [1.82, 2.24) is 0 Å². The predicted molar refractivity (Wildman–Crippen MR) is 104 cm³/mol. The van der Waals surface area contributed by atoms with E-state index in [1.807, 2.05) is 13.0 Å². The quantitative estimate of drug-likeness (QED) is 0.550. The van der Waals surface area contributed by atoms with Crippen LogP contribution in [0.5, 0.6) is 11.5 Å². The monoisotopic (exact) mass is 365 g/mol. The van der Waals surface area contributed by atoms with Gasteiger partial charge in [-0.2, -0.15) is 0 Å². The highest BCUT2D eigenvalue weighted by Crippen LogP contribution is 2.28. The van der Waals surface area contributed by atoms with E-state index in [0.29, 0.717) is 22.8 Å². The molecule has 2 aromatic carbocycles. The van der Waals surface area contributed by atoms with Gasteiger partial charge in [0.1, 0.15) is 5.58 Å². The third-order valence-electron chi connectivity index (χ3n) is 4.05. The fourth-order valence-corrected chi connectivity index (χ4v) is 2.71. The van der Waals surface area contributed by atoms with E-state index < -0.39 is 5.63 Å².